The molecule has 1 aromatic carbocycles. The van der Waals surface area contributed by atoms with Gasteiger partial charge < -0.3 is 14.7 Å². The van der Waals surface area contributed by atoms with E-state index in [1.54, 1.807) is 11.1 Å². The number of nitrogens with zero attached hydrogens (tertiary/aromatic N) is 2. The lowest BCUT2D eigenvalue weighted by Gasteiger charge is -2.28. The summed E-state index contributed by atoms with van der Waals surface area (Å²) in [5.41, 5.74) is 0.214. The van der Waals surface area contributed by atoms with E-state index in [-0.39, 0.29) is 17.9 Å². The van der Waals surface area contributed by atoms with E-state index in [1.165, 1.54) is 0 Å². The van der Waals surface area contributed by atoms with Crippen LogP contribution in [0.25, 0.3) is 10.9 Å². The Morgan fingerprint density at radius 1 is 1.35 bits per heavy atom. The summed E-state index contributed by atoms with van der Waals surface area (Å²) in [6.45, 7) is 6.86. The first-order valence-corrected chi connectivity index (χ1v) is 9.36. The molecule has 0 radical (unpaired) electrons. The van der Waals surface area contributed by atoms with E-state index in [0.29, 0.717) is 31.0 Å². The molecule has 0 bridgehead atoms. The van der Waals surface area contributed by atoms with E-state index in [1.807, 2.05) is 32.9 Å². The van der Waals surface area contributed by atoms with Crippen LogP contribution in [0.2, 0.25) is 5.02 Å². The molecule has 1 aliphatic heterocycles. The highest BCUT2D eigenvalue weighted by Gasteiger charge is 2.51. The Morgan fingerprint density at radius 3 is 2.62 bits per heavy atom. The van der Waals surface area contributed by atoms with Crippen molar-refractivity contribution in [3.8, 4) is 0 Å². The smallest absolute Gasteiger partial charge is 0.410 e. The molecule has 26 heavy (non-hydrogen) atoms. The first-order valence-electron chi connectivity index (χ1n) is 8.98. The molecule has 0 spiro atoms. The minimum Gasteiger partial charge on any atom is -0.444 e. The first kappa shape index (κ1) is 17.6. The summed E-state index contributed by atoms with van der Waals surface area (Å²) < 4.78 is 5.48. The monoisotopic (exact) mass is 377 g/mol. The van der Waals surface area contributed by atoms with Gasteiger partial charge in [0.05, 0.1) is 17.3 Å². The first-order chi connectivity index (χ1) is 12.1. The van der Waals surface area contributed by atoms with Gasteiger partial charge >= 0.3 is 6.09 Å². The number of nitrogens with one attached hydrogen (secondary N) is 1. The van der Waals surface area contributed by atoms with Crippen molar-refractivity contribution >= 4 is 28.6 Å². The topological polar surface area (TPSA) is 78.5 Å². The molecule has 1 aromatic heterocycles. The SMILES string of the molecule is CC(C)(C)OC(=O)N1C[C@@H]2C[C@@](O)(c3cc(Cl)cc4[nH]ncc34)C[C@@H]2C1. The zero-order valence-electron chi connectivity index (χ0n) is 15.3. The predicted molar refractivity (Wildman–Crippen MR) is 99.0 cm³/mol. The van der Waals surface area contributed by atoms with Crippen molar-refractivity contribution in [3.05, 3.63) is 28.9 Å². The van der Waals surface area contributed by atoms with Crippen LogP contribution < -0.4 is 0 Å². The summed E-state index contributed by atoms with van der Waals surface area (Å²) >= 11 is 6.24. The number of aliphatic hydroxyl groups is 1. The molecule has 140 valence electrons. The number of hydrogen-bond donors (Lipinski definition) is 2. The van der Waals surface area contributed by atoms with E-state index in [4.69, 9.17) is 16.3 Å². The van der Waals surface area contributed by atoms with Crippen molar-refractivity contribution in [1.82, 2.24) is 15.1 Å². The maximum Gasteiger partial charge on any atom is 0.410 e. The van der Waals surface area contributed by atoms with E-state index >= 15 is 0 Å². The quantitative estimate of drug-likeness (QED) is 0.794. The summed E-state index contributed by atoms with van der Waals surface area (Å²) in [6.07, 6.45) is 2.69. The fourth-order valence-electron chi connectivity index (χ4n) is 4.45. The van der Waals surface area contributed by atoms with Crippen LogP contribution in [0.5, 0.6) is 0 Å². The van der Waals surface area contributed by atoms with Crippen LogP contribution in [0.15, 0.2) is 18.3 Å². The normalized spacial score (nSPS) is 28.6. The van der Waals surface area contributed by atoms with E-state index in [9.17, 15) is 9.90 Å². The Hall–Kier alpha value is -1.79. The minimum absolute atomic E-state index is 0.258. The van der Waals surface area contributed by atoms with Crippen LogP contribution >= 0.6 is 11.6 Å². The number of likely N-dealkylation sites (tertiary alicyclic amines) is 1. The number of hydrogen-bond acceptors (Lipinski definition) is 4. The zero-order valence-corrected chi connectivity index (χ0v) is 16.0. The lowest BCUT2D eigenvalue weighted by molar-refractivity contribution is 0.0161. The van der Waals surface area contributed by atoms with Crippen LogP contribution in [-0.4, -0.2) is 45.0 Å². The number of fused-ring (bicyclic) bond motifs is 2. The van der Waals surface area contributed by atoms with Gasteiger partial charge in [-0.15, -0.1) is 0 Å². The molecule has 3 atom stereocenters. The molecule has 2 heterocycles. The van der Waals surface area contributed by atoms with Crippen molar-refractivity contribution in [1.29, 1.82) is 0 Å². The Kier molecular flexibility index (Phi) is 3.97. The van der Waals surface area contributed by atoms with Crippen LogP contribution in [0.1, 0.15) is 39.2 Å². The molecule has 6 nitrogen and oxygen atoms in total. The summed E-state index contributed by atoms with van der Waals surface area (Å²) in [5.74, 6) is 0.516. The number of benzene rings is 1. The number of carbonyl (C=O) groups excluding carboxylic acids is 1. The van der Waals surface area contributed by atoms with Crippen LogP contribution in [0.3, 0.4) is 0 Å². The average Bonchev–Trinajstić information content (AvgIpc) is 3.17. The van der Waals surface area contributed by atoms with Crippen molar-refractivity contribution in [3.63, 3.8) is 0 Å². The van der Waals surface area contributed by atoms with Gasteiger partial charge in [-0.2, -0.15) is 5.10 Å². The van der Waals surface area contributed by atoms with Gasteiger partial charge in [-0.3, -0.25) is 5.10 Å². The molecule has 2 aliphatic rings. The maximum atomic E-state index is 12.3. The third kappa shape index (κ3) is 3.05. The fourth-order valence-corrected chi connectivity index (χ4v) is 4.67. The summed E-state index contributed by atoms with van der Waals surface area (Å²) in [4.78, 5) is 14.1. The number of carbonyl (C=O) groups is 1. The van der Waals surface area contributed by atoms with Crippen molar-refractivity contribution < 1.29 is 14.6 Å². The summed E-state index contributed by atoms with van der Waals surface area (Å²) in [7, 11) is 0. The van der Waals surface area contributed by atoms with Gasteiger partial charge in [-0.25, -0.2) is 4.79 Å². The summed E-state index contributed by atoms with van der Waals surface area (Å²) in [5, 5.41) is 19.9. The molecule has 4 rings (SSSR count). The molecule has 1 amide bonds. The third-order valence-corrected chi connectivity index (χ3v) is 5.67. The molecule has 2 aromatic rings. The number of aromatic amines is 1. The summed E-state index contributed by atoms with van der Waals surface area (Å²) in [6, 6.07) is 3.66. The highest BCUT2D eigenvalue weighted by Crippen LogP contribution is 2.50. The van der Waals surface area contributed by atoms with E-state index in [0.717, 1.165) is 16.5 Å². The van der Waals surface area contributed by atoms with E-state index < -0.39 is 11.2 Å². The average molecular weight is 378 g/mol. The Balaban J connectivity index is 1.53. The zero-order chi connectivity index (χ0) is 18.7. The van der Waals surface area contributed by atoms with Gasteiger partial charge in [-0.05, 0) is 63.1 Å². The van der Waals surface area contributed by atoms with Gasteiger partial charge in [-0.1, -0.05) is 11.6 Å². The third-order valence-electron chi connectivity index (χ3n) is 5.45. The van der Waals surface area contributed by atoms with Gasteiger partial charge in [0.1, 0.15) is 5.60 Å². The molecule has 1 saturated carbocycles. The van der Waals surface area contributed by atoms with E-state index in [2.05, 4.69) is 10.2 Å². The van der Waals surface area contributed by atoms with Crippen molar-refractivity contribution in [2.45, 2.75) is 44.8 Å². The second kappa shape index (κ2) is 5.86. The Morgan fingerprint density at radius 2 is 2.00 bits per heavy atom. The number of halogens is 1. The van der Waals surface area contributed by atoms with Gasteiger partial charge in [0, 0.05) is 23.5 Å². The second-order valence-electron chi connectivity index (χ2n) is 8.63. The van der Waals surface area contributed by atoms with Crippen LogP contribution in [0, 0.1) is 11.8 Å². The van der Waals surface area contributed by atoms with Gasteiger partial charge in [0.2, 0.25) is 0 Å². The predicted octanol–water partition coefficient (Wildman–Crippen LogP) is 3.68. The number of ether oxygens (including phenoxy) is 1. The van der Waals surface area contributed by atoms with Gasteiger partial charge in [0.25, 0.3) is 0 Å². The Labute approximate surface area is 157 Å². The molecular formula is C19H24ClN3O3. The fraction of sp³-hybridized carbons (Fsp3) is 0.579. The highest BCUT2D eigenvalue weighted by molar-refractivity contribution is 6.31. The molecule has 2 N–H and O–H groups in total. The lowest BCUT2D eigenvalue weighted by Crippen LogP contribution is -2.37. The second-order valence-corrected chi connectivity index (χ2v) is 9.07. The number of aromatic nitrogens is 2. The van der Waals surface area contributed by atoms with Crippen LogP contribution in [-0.2, 0) is 10.3 Å². The molecule has 1 saturated heterocycles. The van der Waals surface area contributed by atoms with Crippen molar-refractivity contribution in [2.75, 3.05) is 13.1 Å². The number of rotatable bonds is 1. The molecule has 1 aliphatic carbocycles. The van der Waals surface area contributed by atoms with Crippen LogP contribution in [0.4, 0.5) is 4.79 Å². The Bertz CT molecular complexity index is 843. The minimum atomic E-state index is -0.942. The number of amides is 1. The largest absolute Gasteiger partial charge is 0.444 e. The number of H-pyrrole nitrogens is 1. The maximum absolute atomic E-state index is 12.3. The standard InChI is InChI=1S/C19H24ClN3O3/c1-18(2,3)26-17(24)23-9-11-6-19(25,7-12(11)10-23)15-4-13(20)5-16-14(15)8-21-22-16/h4-5,8,11-12,25H,6-7,9-10H2,1-3H3,(H,21,22)/t11-,12+,19-. The molecule has 7 heteroatoms. The molecular weight excluding hydrogens is 354 g/mol. The van der Waals surface area contributed by atoms with Crippen molar-refractivity contribution in [2.24, 2.45) is 11.8 Å². The highest BCUT2D eigenvalue weighted by atomic mass is 35.5. The molecule has 2 fully saturated rings. The van der Waals surface area contributed by atoms with Gasteiger partial charge in [0.15, 0.2) is 0 Å². The lowest BCUT2D eigenvalue weighted by atomic mass is 9.88. The molecule has 0 unspecified atom stereocenters.